The quantitative estimate of drug-likeness (QED) is 0.396. The lowest BCUT2D eigenvalue weighted by atomic mass is 10.0. The number of methoxy groups -OCH3 is 1. The molecule has 1 heterocycles. The van der Waals surface area contributed by atoms with Crippen molar-refractivity contribution < 1.29 is 28.3 Å². The summed E-state index contributed by atoms with van der Waals surface area (Å²) in [5.74, 6) is -3.05. The molecule has 8 heteroatoms. The summed E-state index contributed by atoms with van der Waals surface area (Å²) in [6.07, 6.45) is -0.255. The third-order valence-corrected chi connectivity index (χ3v) is 6.04. The maximum atomic E-state index is 14.6. The van der Waals surface area contributed by atoms with Gasteiger partial charge >= 0.3 is 5.97 Å². The number of rotatable bonds is 6. The third kappa shape index (κ3) is 4.55. The summed E-state index contributed by atoms with van der Waals surface area (Å²) in [7, 11) is 1.25. The average Bonchev–Trinajstić information content (AvgIpc) is 3.17. The SMILES string of the molecule is COC(=O)c1ccc(N2C(=O)CC(N(C(=O)c3ccccc3F)C(C)c3ccccc3)C2=O)cc1. The number of hydrogen-bond acceptors (Lipinski definition) is 5. The van der Waals surface area contributed by atoms with Gasteiger partial charge in [-0.25, -0.2) is 14.1 Å². The first kappa shape index (κ1) is 23.8. The molecule has 3 aromatic carbocycles. The zero-order valence-electron chi connectivity index (χ0n) is 19.2. The standard InChI is InChI=1S/C27H23FN2O5/c1-17(18-8-4-3-5-9-18)29(25(32)21-10-6-7-11-22(21)28)23-16-24(31)30(26(23)33)20-14-12-19(13-15-20)27(34)35-2/h3-15,17,23H,16H2,1-2H3. The minimum atomic E-state index is -1.13. The molecule has 0 bridgehead atoms. The molecule has 1 aliphatic heterocycles. The predicted octanol–water partition coefficient (Wildman–Crippen LogP) is 4.15. The van der Waals surface area contributed by atoms with Crippen LogP contribution in [0.4, 0.5) is 10.1 Å². The Hall–Kier alpha value is -4.33. The minimum Gasteiger partial charge on any atom is -0.465 e. The molecule has 1 saturated heterocycles. The number of imide groups is 1. The second kappa shape index (κ2) is 9.89. The summed E-state index contributed by atoms with van der Waals surface area (Å²) in [5.41, 5.74) is 1.08. The summed E-state index contributed by atoms with van der Waals surface area (Å²) < 4.78 is 19.2. The minimum absolute atomic E-state index is 0.184. The van der Waals surface area contributed by atoms with Gasteiger partial charge in [0, 0.05) is 0 Å². The molecule has 4 rings (SSSR count). The van der Waals surface area contributed by atoms with Crippen LogP contribution in [0.5, 0.6) is 0 Å². The number of halogens is 1. The number of carbonyl (C=O) groups excluding carboxylic acids is 4. The van der Waals surface area contributed by atoms with Gasteiger partial charge in [-0.2, -0.15) is 0 Å². The van der Waals surface area contributed by atoms with Gasteiger partial charge in [-0.3, -0.25) is 14.4 Å². The number of esters is 1. The molecule has 0 aliphatic carbocycles. The Balaban J connectivity index is 1.71. The van der Waals surface area contributed by atoms with Gasteiger partial charge in [0.05, 0.1) is 36.4 Å². The molecule has 0 spiro atoms. The number of ether oxygens (including phenoxy) is 1. The lowest BCUT2D eigenvalue weighted by Gasteiger charge is -2.33. The van der Waals surface area contributed by atoms with E-state index in [0.29, 0.717) is 0 Å². The summed E-state index contributed by atoms with van der Waals surface area (Å²) in [5, 5.41) is 0. The van der Waals surface area contributed by atoms with E-state index < -0.39 is 41.6 Å². The number of benzene rings is 3. The van der Waals surface area contributed by atoms with Crippen LogP contribution in [-0.4, -0.2) is 41.7 Å². The van der Waals surface area contributed by atoms with Crippen molar-refractivity contribution in [1.82, 2.24) is 4.90 Å². The summed E-state index contributed by atoms with van der Waals surface area (Å²) in [4.78, 5) is 54.0. The van der Waals surface area contributed by atoms with Crippen molar-refractivity contribution in [3.05, 3.63) is 101 Å². The van der Waals surface area contributed by atoms with Gasteiger partial charge in [0.25, 0.3) is 11.8 Å². The fourth-order valence-corrected chi connectivity index (χ4v) is 4.22. The number of hydrogen-bond donors (Lipinski definition) is 0. The van der Waals surface area contributed by atoms with E-state index in [1.54, 1.807) is 37.3 Å². The maximum absolute atomic E-state index is 14.6. The van der Waals surface area contributed by atoms with Crippen LogP contribution in [0.3, 0.4) is 0 Å². The first-order chi connectivity index (χ1) is 16.8. The Kier molecular flexibility index (Phi) is 6.73. The van der Waals surface area contributed by atoms with Gasteiger partial charge in [-0.05, 0) is 48.9 Å². The summed E-state index contributed by atoms with van der Waals surface area (Å²) in [6, 6.07) is 18.6. The highest BCUT2D eigenvalue weighted by molar-refractivity contribution is 6.23. The number of anilines is 1. The van der Waals surface area contributed by atoms with Crippen LogP contribution < -0.4 is 4.90 Å². The second-order valence-corrected chi connectivity index (χ2v) is 8.10. The topological polar surface area (TPSA) is 84.0 Å². The van der Waals surface area contributed by atoms with Crippen LogP contribution in [0.15, 0.2) is 78.9 Å². The predicted molar refractivity (Wildman–Crippen MR) is 126 cm³/mol. The van der Waals surface area contributed by atoms with Gasteiger partial charge in [0.15, 0.2) is 0 Å². The molecule has 3 aromatic rings. The molecule has 0 N–H and O–H groups in total. The van der Waals surface area contributed by atoms with Crippen LogP contribution in [0.1, 0.15) is 45.7 Å². The molecule has 1 aliphatic rings. The Bertz CT molecular complexity index is 1280. The van der Waals surface area contributed by atoms with Gasteiger partial charge in [0.2, 0.25) is 5.91 Å². The Labute approximate surface area is 201 Å². The van der Waals surface area contributed by atoms with Crippen molar-refractivity contribution in [3.63, 3.8) is 0 Å². The third-order valence-electron chi connectivity index (χ3n) is 6.04. The van der Waals surface area contributed by atoms with Crippen molar-refractivity contribution in [2.75, 3.05) is 12.0 Å². The van der Waals surface area contributed by atoms with E-state index >= 15 is 0 Å². The van der Waals surface area contributed by atoms with E-state index in [9.17, 15) is 23.6 Å². The van der Waals surface area contributed by atoms with Crippen molar-refractivity contribution >= 4 is 29.4 Å². The highest BCUT2D eigenvalue weighted by Crippen LogP contribution is 2.33. The molecule has 178 valence electrons. The van der Waals surface area contributed by atoms with E-state index in [-0.39, 0.29) is 23.2 Å². The zero-order chi connectivity index (χ0) is 25.1. The van der Waals surface area contributed by atoms with Gasteiger partial charge < -0.3 is 9.64 Å². The van der Waals surface area contributed by atoms with Gasteiger partial charge in [-0.15, -0.1) is 0 Å². The fourth-order valence-electron chi connectivity index (χ4n) is 4.22. The molecular formula is C27H23FN2O5. The van der Waals surface area contributed by atoms with Crippen molar-refractivity contribution in [3.8, 4) is 0 Å². The lowest BCUT2D eigenvalue weighted by molar-refractivity contribution is -0.123. The van der Waals surface area contributed by atoms with Crippen LogP contribution in [0.2, 0.25) is 0 Å². The molecular weight excluding hydrogens is 451 g/mol. The summed E-state index contributed by atoms with van der Waals surface area (Å²) in [6.45, 7) is 1.74. The smallest absolute Gasteiger partial charge is 0.337 e. The molecule has 35 heavy (non-hydrogen) atoms. The first-order valence-electron chi connectivity index (χ1n) is 11.0. The summed E-state index contributed by atoms with van der Waals surface area (Å²) >= 11 is 0. The number of carbonyl (C=O) groups is 4. The zero-order valence-corrected chi connectivity index (χ0v) is 19.2. The largest absolute Gasteiger partial charge is 0.465 e. The van der Waals surface area contributed by atoms with E-state index in [0.717, 1.165) is 10.5 Å². The van der Waals surface area contributed by atoms with E-state index in [1.165, 1.54) is 54.5 Å². The molecule has 7 nitrogen and oxygen atoms in total. The monoisotopic (exact) mass is 474 g/mol. The lowest BCUT2D eigenvalue weighted by Crippen LogP contribution is -2.47. The van der Waals surface area contributed by atoms with Crippen LogP contribution in [0, 0.1) is 5.82 Å². The van der Waals surface area contributed by atoms with Gasteiger partial charge in [-0.1, -0.05) is 42.5 Å². The first-order valence-corrected chi connectivity index (χ1v) is 11.0. The van der Waals surface area contributed by atoms with E-state index in [1.807, 2.05) is 6.07 Å². The number of amides is 3. The molecule has 1 fully saturated rings. The maximum Gasteiger partial charge on any atom is 0.337 e. The Morgan fingerprint density at radius 3 is 2.23 bits per heavy atom. The molecule has 2 unspecified atom stereocenters. The van der Waals surface area contributed by atoms with Crippen molar-refractivity contribution in [2.24, 2.45) is 0 Å². The fraction of sp³-hybridized carbons (Fsp3) is 0.185. The van der Waals surface area contributed by atoms with Gasteiger partial charge in [0.1, 0.15) is 11.9 Å². The molecule has 3 amide bonds. The molecule has 0 aromatic heterocycles. The normalized spacial score (nSPS) is 16.2. The van der Waals surface area contributed by atoms with Crippen LogP contribution >= 0.6 is 0 Å². The van der Waals surface area contributed by atoms with Crippen molar-refractivity contribution in [1.29, 1.82) is 0 Å². The number of nitrogens with zero attached hydrogens (tertiary/aromatic N) is 2. The van der Waals surface area contributed by atoms with Crippen LogP contribution in [0.25, 0.3) is 0 Å². The average molecular weight is 474 g/mol. The Morgan fingerprint density at radius 2 is 1.60 bits per heavy atom. The van der Waals surface area contributed by atoms with E-state index in [2.05, 4.69) is 4.74 Å². The Morgan fingerprint density at radius 1 is 0.971 bits per heavy atom. The highest BCUT2D eigenvalue weighted by atomic mass is 19.1. The molecule has 0 saturated carbocycles. The van der Waals surface area contributed by atoms with Crippen molar-refractivity contribution in [2.45, 2.75) is 25.4 Å². The van der Waals surface area contributed by atoms with Crippen LogP contribution in [-0.2, 0) is 14.3 Å². The van der Waals surface area contributed by atoms with E-state index in [4.69, 9.17) is 0 Å². The molecule has 0 radical (unpaired) electrons. The highest BCUT2D eigenvalue weighted by Gasteiger charge is 2.46. The second-order valence-electron chi connectivity index (χ2n) is 8.10. The molecule has 2 atom stereocenters.